The lowest BCUT2D eigenvalue weighted by molar-refractivity contribution is -0.136. The van der Waals surface area contributed by atoms with Crippen molar-refractivity contribution in [3.05, 3.63) is 58.3 Å². The molecule has 3 aliphatic rings. The maximum Gasteiger partial charge on any atom is 0.354 e. The van der Waals surface area contributed by atoms with E-state index in [1.165, 1.54) is 31.4 Å². The zero-order valence-electron chi connectivity index (χ0n) is 19.1. The Morgan fingerprint density at radius 3 is 2.82 bits per heavy atom. The fourth-order valence-electron chi connectivity index (χ4n) is 4.97. The van der Waals surface area contributed by atoms with Gasteiger partial charge in [0.1, 0.15) is 23.8 Å². The summed E-state index contributed by atoms with van der Waals surface area (Å²) >= 11 is 0. The van der Waals surface area contributed by atoms with Gasteiger partial charge in [-0.2, -0.15) is 0 Å². The number of carbonyl (C=O) groups is 2. The third-order valence-electron chi connectivity index (χ3n) is 7.08. The number of hydrogen-bond donors (Lipinski definition) is 1. The van der Waals surface area contributed by atoms with E-state index in [-0.39, 0.29) is 18.1 Å². The second-order valence-electron chi connectivity index (χ2n) is 9.41. The number of halogens is 1. The number of carbonyl (C=O) groups excluding carboxylic acids is 2. The first kappa shape index (κ1) is 21.7. The van der Waals surface area contributed by atoms with Crippen LogP contribution < -0.4 is 10.2 Å². The number of amides is 1. The first-order chi connectivity index (χ1) is 15.9. The van der Waals surface area contributed by atoms with Gasteiger partial charge in [-0.1, -0.05) is 13.0 Å². The van der Waals surface area contributed by atoms with Crippen LogP contribution >= 0.6 is 0 Å². The first-order valence-electron chi connectivity index (χ1n) is 11.7. The van der Waals surface area contributed by atoms with Gasteiger partial charge in [0.2, 0.25) is 5.95 Å². The Balaban J connectivity index is 1.57. The maximum atomic E-state index is 14.1. The van der Waals surface area contributed by atoms with Gasteiger partial charge < -0.3 is 19.5 Å². The van der Waals surface area contributed by atoms with Crippen LogP contribution in [0.5, 0.6) is 0 Å². The van der Waals surface area contributed by atoms with Crippen molar-refractivity contribution in [2.45, 2.75) is 52.5 Å². The molecule has 0 atom stereocenters. The summed E-state index contributed by atoms with van der Waals surface area (Å²) in [4.78, 5) is 32.5. The molecule has 7 nitrogen and oxygen atoms in total. The number of esters is 1. The number of nitrogens with zero attached hydrogens (tertiary/aromatic N) is 3. The summed E-state index contributed by atoms with van der Waals surface area (Å²) in [7, 11) is 0. The van der Waals surface area contributed by atoms with Crippen molar-refractivity contribution < 1.29 is 18.7 Å². The Morgan fingerprint density at radius 1 is 1.30 bits per heavy atom. The van der Waals surface area contributed by atoms with Crippen molar-refractivity contribution in [2.75, 3.05) is 24.6 Å². The molecular formula is C25H29FN4O3. The Labute approximate surface area is 192 Å². The minimum atomic E-state index is -0.541. The number of nitrogens with one attached hydrogen (secondary N) is 1. The molecular weight excluding hydrogens is 423 g/mol. The number of hydrogen-bond acceptors (Lipinski definition) is 5. The van der Waals surface area contributed by atoms with Crippen molar-refractivity contribution in [1.29, 1.82) is 0 Å². The molecule has 1 N–H and O–H groups in total. The van der Waals surface area contributed by atoms with Crippen LogP contribution in [0.3, 0.4) is 0 Å². The fraction of sp³-hybridized carbons (Fsp3) is 0.480. The number of ether oxygens (including phenoxy) is 1. The molecule has 8 heteroatoms. The van der Waals surface area contributed by atoms with Crippen LogP contribution in [-0.4, -0.2) is 41.1 Å². The summed E-state index contributed by atoms with van der Waals surface area (Å²) in [6.07, 6.45) is 6.92. The van der Waals surface area contributed by atoms with E-state index < -0.39 is 11.9 Å². The predicted octanol–water partition coefficient (Wildman–Crippen LogP) is 3.49. The molecule has 33 heavy (non-hydrogen) atoms. The van der Waals surface area contributed by atoms with E-state index in [9.17, 15) is 14.0 Å². The van der Waals surface area contributed by atoms with Gasteiger partial charge in [-0.3, -0.25) is 4.79 Å². The second-order valence-corrected chi connectivity index (χ2v) is 9.41. The summed E-state index contributed by atoms with van der Waals surface area (Å²) in [6.45, 7) is 6.17. The fourth-order valence-corrected chi connectivity index (χ4v) is 4.97. The highest BCUT2D eigenvalue weighted by molar-refractivity contribution is 6.02. The van der Waals surface area contributed by atoms with Gasteiger partial charge in [-0.15, -0.1) is 0 Å². The summed E-state index contributed by atoms with van der Waals surface area (Å²) in [5, 5.41) is 2.71. The van der Waals surface area contributed by atoms with E-state index >= 15 is 0 Å². The molecule has 1 aromatic carbocycles. The van der Waals surface area contributed by atoms with Gasteiger partial charge in [0, 0.05) is 13.1 Å². The number of cyclic esters (lactones) is 1. The van der Waals surface area contributed by atoms with Gasteiger partial charge in [-0.05, 0) is 73.8 Å². The van der Waals surface area contributed by atoms with Gasteiger partial charge >= 0.3 is 5.97 Å². The Morgan fingerprint density at radius 2 is 2.12 bits per heavy atom. The SMILES string of the molecule is CCc1nc(N2CCCC3(CC3)C2)n(Cc2cc(F)ccc2C)c1C(=O)NC1=CCOC1=O. The molecule has 0 unspecified atom stereocenters. The quantitative estimate of drug-likeness (QED) is 0.679. The van der Waals surface area contributed by atoms with Gasteiger partial charge in [0.05, 0.1) is 12.2 Å². The first-order valence-corrected chi connectivity index (χ1v) is 11.7. The smallest absolute Gasteiger partial charge is 0.354 e. The third kappa shape index (κ3) is 4.14. The molecule has 3 heterocycles. The lowest BCUT2D eigenvalue weighted by atomic mass is 9.95. The summed E-state index contributed by atoms with van der Waals surface area (Å²) < 4.78 is 20.9. The molecule has 1 saturated carbocycles. The van der Waals surface area contributed by atoms with Crippen LogP contribution in [0.4, 0.5) is 10.3 Å². The monoisotopic (exact) mass is 452 g/mol. The van der Waals surface area contributed by atoms with E-state index in [1.54, 1.807) is 12.1 Å². The Hall–Kier alpha value is -3.16. The van der Waals surface area contributed by atoms with E-state index in [0.29, 0.717) is 29.8 Å². The van der Waals surface area contributed by atoms with Crippen LogP contribution in [0, 0.1) is 18.2 Å². The van der Waals surface area contributed by atoms with Crippen molar-refractivity contribution in [1.82, 2.24) is 14.9 Å². The van der Waals surface area contributed by atoms with Gasteiger partial charge in [-0.25, -0.2) is 14.2 Å². The standard InChI is InChI=1S/C25H29FN4O3/c1-3-19-21(22(31)27-20-7-12-33-23(20)32)30(14-17-13-18(26)6-5-16(17)2)24(28-19)29-11-4-8-25(15-29)9-10-25/h5-7,13H,3-4,8-12,14-15H2,1-2H3,(H,27,31). The lowest BCUT2D eigenvalue weighted by Crippen LogP contribution is -2.38. The zero-order chi connectivity index (χ0) is 23.2. The van der Waals surface area contributed by atoms with Gasteiger partial charge in [0.25, 0.3) is 5.91 Å². The molecule has 174 valence electrons. The topological polar surface area (TPSA) is 76.5 Å². The van der Waals surface area contributed by atoms with E-state index in [2.05, 4.69) is 10.2 Å². The average Bonchev–Trinajstić information content (AvgIpc) is 3.24. The molecule has 2 fully saturated rings. The number of aromatic nitrogens is 2. The predicted molar refractivity (Wildman–Crippen MR) is 121 cm³/mol. The minimum Gasteiger partial charge on any atom is -0.457 e. The van der Waals surface area contributed by atoms with Crippen LogP contribution in [0.2, 0.25) is 0 Å². The van der Waals surface area contributed by atoms with Crippen LogP contribution in [0.25, 0.3) is 0 Å². The van der Waals surface area contributed by atoms with Crippen molar-refractivity contribution >= 4 is 17.8 Å². The van der Waals surface area contributed by atoms with Gasteiger partial charge in [0.15, 0.2) is 0 Å². The number of benzene rings is 1. The minimum absolute atomic E-state index is 0.146. The summed E-state index contributed by atoms with van der Waals surface area (Å²) in [5.74, 6) is -0.509. The van der Waals surface area contributed by atoms with Crippen molar-refractivity contribution in [2.24, 2.45) is 5.41 Å². The van der Waals surface area contributed by atoms with Crippen LogP contribution in [-0.2, 0) is 22.5 Å². The number of rotatable bonds is 6. The average molecular weight is 453 g/mol. The normalized spacial score (nSPS) is 18.9. The Kier molecular flexibility index (Phi) is 5.46. The number of imidazole rings is 1. The Bertz CT molecular complexity index is 1150. The highest BCUT2D eigenvalue weighted by atomic mass is 19.1. The molecule has 1 spiro atoms. The van der Waals surface area contributed by atoms with E-state index in [0.717, 1.165) is 36.6 Å². The molecule has 2 aliphatic heterocycles. The highest BCUT2D eigenvalue weighted by Crippen LogP contribution is 2.52. The number of anilines is 1. The van der Waals surface area contributed by atoms with Crippen LogP contribution in [0.1, 0.15) is 59.9 Å². The van der Waals surface area contributed by atoms with Crippen molar-refractivity contribution in [3.63, 3.8) is 0 Å². The molecule has 2 aromatic rings. The summed E-state index contributed by atoms with van der Waals surface area (Å²) in [6, 6.07) is 4.71. The molecule has 5 rings (SSSR count). The second kappa shape index (κ2) is 8.32. The van der Waals surface area contributed by atoms with Crippen molar-refractivity contribution in [3.8, 4) is 0 Å². The zero-order valence-corrected chi connectivity index (χ0v) is 19.1. The number of piperidine rings is 1. The molecule has 0 bridgehead atoms. The molecule has 1 amide bonds. The molecule has 1 saturated heterocycles. The van der Waals surface area contributed by atoms with E-state index in [4.69, 9.17) is 9.72 Å². The lowest BCUT2D eigenvalue weighted by Gasteiger charge is -2.34. The maximum absolute atomic E-state index is 14.1. The van der Waals surface area contributed by atoms with E-state index in [1.807, 2.05) is 18.4 Å². The molecule has 1 aromatic heterocycles. The molecule has 1 aliphatic carbocycles. The third-order valence-corrected chi connectivity index (χ3v) is 7.08. The molecule has 0 radical (unpaired) electrons. The van der Waals surface area contributed by atoms with Crippen LogP contribution in [0.15, 0.2) is 30.0 Å². The summed E-state index contributed by atoms with van der Waals surface area (Å²) in [5.41, 5.74) is 3.33. The largest absolute Gasteiger partial charge is 0.457 e. The highest BCUT2D eigenvalue weighted by Gasteiger charge is 2.46. The number of aryl methyl sites for hydroxylation is 2.